The first-order valence-corrected chi connectivity index (χ1v) is 7.87. The van der Waals surface area contributed by atoms with Crippen molar-refractivity contribution < 1.29 is 0 Å². The molecule has 18 heavy (non-hydrogen) atoms. The molecule has 2 fully saturated rings. The van der Waals surface area contributed by atoms with Crippen molar-refractivity contribution in [2.45, 2.75) is 57.4 Å². The highest BCUT2D eigenvalue weighted by atomic mass is 15.3. The van der Waals surface area contributed by atoms with Gasteiger partial charge in [-0.15, -0.1) is 0 Å². The molecular weight excluding hydrogens is 224 g/mol. The van der Waals surface area contributed by atoms with Crippen LogP contribution in [0.15, 0.2) is 0 Å². The third kappa shape index (κ3) is 5.22. The highest BCUT2D eigenvalue weighted by Crippen LogP contribution is 2.22. The molecule has 0 aromatic heterocycles. The number of nitrogens with zero attached hydrogens (tertiary/aromatic N) is 1. The van der Waals surface area contributed by atoms with Gasteiger partial charge in [0.05, 0.1) is 0 Å². The maximum atomic E-state index is 3.63. The van der Waals surface area contributed by atoms with E-state index in [-0.39, 0.29) is 0 Å². The van der Waals surface area contributed by atoms with Gasteiger partial charge in [-0.1, -0.05) is 19.3 Å². The minimum absolute atomic E-state index is 0.835. The van der Waals surface area contributed by atoms with E-state index in [1.165, 1.54) is 57.9 Å². The van der Waals surface area contributed by atoms with Crippen molar-refractivity contribution in [1.82, 2.24) is 21.1 Å². The van der Waals surface area contributed by atoms with Gasteiger partial charge in [0.15, 0.2) is 0 Å². The van der Waals surface area contributed by atoms with Crippen LogP contribution < -0.4 is 16.2 Å². The Labute approximate surface area is 112 Å². The van der Waals surface area contributed by atoms with Crippen LogP contribution in [0.1, 0.15) is 51.4 Å². The Morgan fingerprint density at radius 3 is 2.28 bits per heavy atom. The fourth-order valence-corrected chi connectivity index (χ4v) is 3.07. The van der Waals surface area contributed by atoms with Crippen molar-refractivity contribution in [1.29, 1.82) is 0 Å². The standard InChI is InChI=1S/C14H30N4/c1-2-7-14(8-3-1)18-12-6-11-17-16-10-5-4-9-15-13-18/h14-17H,1-13H2. The van der Waals surface area contributed by atoms with Crippen LogP contribution in [0.5, 0.6) is 0 Å². The third-order valence-corrected chi connectivity index (χ3v) is 4.18. The van der Waals surface area contributed by atoms with Crippen molar-refractivity contribution in [2.24, 2.45) is 0 Å². The highest BCUT2D eigenvalue weighted by Gasteiger charge is 2.20. The first-order valence-electron chi connectivity index (χ1n) is 7.87. The maximum Gasteiger partial charge on any atom is 0.0483 e. The molecule has 106 valence electrons. The Hall–Kier alpha value is -0.160. The first-order chi connectivity index (χ1) is 8.97. The van der Waals surface area contributed by atoms with E-state index in [0.29, 0.717) is 0 Å². The van der Waals surface area contributed by atoms with Crippen LogP contribution in [-0.4, -0.2) is 43.8 Å². The Morgan fingerprint density at radius 1 is 0.722 bits per heavy atom. The topological polar surface area (TPSA) is 39.3 Å². The van der Waals surface area contributed by atoms with Gasteiger partial charge >= 0.3 is 0 Å². The summed E-state index contributed by atoms with van der Waals surface area (Å²) in [6, 6.07) is 0.835. The number of hydrogen-bond acceptors (Lipinski definition) is 4. The smallest absolute Gasteiger partial charge is 0.0483 e. The van der Waals surface area contributed by atoms with Crippen molar-refractivity contribution in [2.75, 3.05) is 32.8 Å². The van der Waals surface area contributed by atoms with Crippen molar-refractivity contribution in [3.8, 4) is 0 Å². The SMILES string of the molecule is C1CCC(N2CCCNNCCCCNC2)CC1. The summed E-state index contributed by atoms with van der Waals surface area (Å²) < 4.78 is 0. The lowest BCUT2D eigenvalue weighted by Gasteiger charge is -2.34. The van der Waals surface area contributed by atoms with E-state index < -0.39 is 0 Å². The number of nitrogens with one attached hydrogen (secondary N) is 3. The Kier molecular flexibility index (Phi) is 7.01. The van der Waals surface area contributed by atoms with Gasteiger partial charge in [0.1, 0.15) is 0 Å². The van der Waals surface area contributed by atoms with Gasteiger partial charge in [-0.3, -0.25) is 15.8 Å². The molecule has 1 aliphatic heterocycles. The molecule has 4 nitrogen and oxygen atoms in total. The van der Waals surface area contributed by atoms with Crippen molar-refractivity contribution in [3.63, 3.8) is 0 Å². The van der Waals surface area contributed by atoms with Crippen molar-refractivity contribution in [3.05, 3.63) is 0 Å². The summed E-state index contributed by atoms with van der Waals surface area (Å²) in [5.74, 6) is 0. The average Bonchev–Trinajstić information content (AvgIpc) is 2.40. The summed E-state index contributed by atoms with van der Waals surface area (Å²) in [6.45, 7) is 5.66. The van der Waals surface area contributed by atoms with Crippen LogP contribution in [-0.2, 0) is 0 Å². The van der Waals surface area contributed by atoms with Gasteiger partial charge in [0.25, 0.3) is 0 Å². The molecule has 0 aromatic carbocycles. The average molecular weight is 254 g/mol. The first kappa shape index (κ1) is 14.3. The molecule has 0 aromatic rings. The second kappa shape index (κ2) is 8.86. The molecule has 2 aliphatic rings. The van der Waals surface area contributed by atoms with E-state index in [0.717, 1.165) is 32.3 Å². The van der Waals surface area contributed by atoms with Gasteiger partial charge in [-0.2, -0.15) is 0 Å². The van der Waals surface area contributed by atoms with E-state index in [9.17, 15) is 0 Å². The van der Waals surface area contributed by atoms with Crippen LogP contribution in [0.25, 0.3) is 0 Å². The lowest BCUT2D eigenvalue weighted by atomic mass is 9.94. The summed E-state index contributed by atoms with van der Waals surface area (Å²) in [7, 11) is 0. The molecule has 0 bridgehead atoms. The zero-order valence-corrected chi connectivity index (χ0v) is 11.7. The largest absolute Gasteiger partial charge is 0.304 e. The molecule has 0 amide bonds. The van der Waals surface area contributed by atoms with Gasteiger partial charge in [0, 0.05) is 32.3 Å². The van der Waals surface area contributed by atoms with Gasteiger partial charge in [0.2, 0.25) is 0 Å². The Bertz CT molecular complexity index is 192. The quantitative estimate of drug-likeness (QED) is 0.662. The van der Waals surface area contributed by atoms with Crippen LogP contribution in [0, 0.1) is 0 Å². The van der Waals surface area contributed by atoms with Crippen LogP contribution >= 0.6 is 0 Å². The van der Waals surface area contributed by atoms with E-state index in [2.05, 4.69) is 21.1 Å². The fourth-order valence-electron chi connectivity index (χ4n) is 3.07. The molecule has 4 heteroatoms. The minimum atomic E-state index is 0.835. The monoisotopic (exact) mass is 254 g/mol. The fraction of sp³-hybridized carbons (Fsp3) is 1.00. The molecule has 3 N–H and O–H groups in total. The summed E-state index contributed by atoms with van der Waals surface area (Å²) in [5, 5.41) is 3.63. The molecule has 1 saturated heterocycles. The minimum Gasteiger partial charge on any atom is -0.304 e. The van der Waals surface area contributed by atoms with Crippen LogP contribution in [0.2, 0.25) is 0 Å². The lowest BCUT2D eigenvalue weighted by Crippen LogP contribution is -2.45. The van der Waals surface area contributed by atoms with Gasteiger partial charge in [-0.25, -0.2) is 0 Å². The van der Waals surface area contributed by atoms with Crippen LogP contribution in [0.3, 0.4) is 0 Å². The molecule has 1 aliphatic carbocycles. The number of rotatable bonds is 1. The second-order valence-electron chi connectivity index (χ2n) is 5.68. The number of hydrazine groups is 1. The van der Waals surface area contributed by atoms with E-state index in [1.54, 1.807) is 0 Å². The molecule has 0 radical (unpaired) electrons. The number of hydrogen-bond donors (Lipinski definition) is 3. The zero-order chi connectivity index (χ0) is 12.5. The van der Waals surface area contributed by atoms with Crippen LogP contribution in [0.4, 0.5) is 0 Å². The maximum absolute atomic E-state index is 3.63. The second-order valence-corrected chi connectivity index (χ2v) is 5.68. The lowest BCUT2D eigenvalue weighted by molar-refractivity contribution is 0.141. The van der Waals surface area contributed by atoms with E-state index in [4.69, 9.17) is 0 Å². The molecule has 0 unspecified atom stereocenters. The van der Waals surface area contributed by atoms with E-state index in [1.807, 2.05) is 0 Å². The highest BCUT2D eigenvalue weighted by molar-refractivity contribution is 4.75. The predicted molar refractivity (Wildman–Crippen MR) is 76.3 cm³/mol. The normalized spacial score (nSPS) is 27.3. The Balaban J connectivity index is 1.76. The summed E-state index contributed by atoms with van der Waals surface area (Å²) >= 11 is 0. The van der Waals surface area contributed by atoms with E-state index >= 15 is 0 Å². The van der Waals surface area contributed by atoms with Crippen molar-refractivity contribution >= 4 is 0 Å². The molecule has 1 heterocycles. The molecule has 1 saturated carbocycles. The summed E-state index contributed by atoms with van der Waals surface area (Å²) in [4.78, 5) is 2.68. The zero-order valence-electron chi connectivity index (χ0n) is 11.7. The molecular formula is C14H30N4. The summed E-state index contributed by atoms with van der Waals surface area (Å²) in [5.41, 5.74) is 6.63. The summed E-state index contributed by atoms with van der Waals surface area (Å²) in [6.07, 6.45) is 10.9. The molecule has 0 spiro atoms. The van der Waals surface area contributed by atoms with Gasteiger partial charge < -0.3 is 5.32 Å². The third-order valence-electron chi connectivity index (χ3n) is 4.18. The van der Waals surface area contributed by atoms with Gasteiger partial charge in [-0.05, 0) is 38.6 Å². The predicted octanol–water partition coefficient (Wildman–Crippen LogP) is 1.45. The Morgan fingerprint density at radius 2 is 1.44 bits per heavy atom. The molecule has 2 rings (SSSR count). The molecule has 0 atom stereocenters.